The van der Waals surface area contributed by atoms with E-state index in [1.54, 1.807) is 17.3 Å². The fourth-order valence-electron chi connectivity index (χ4n) is 2.55. The normalized spacial score (nSPS) is 14.4. The Morgan fingerprint density at radius 2 is 1.83 bits per heavy atom. The molecule has 2 aromatic rings. The van der Waals surface area contributed by atoms with Crippen LogP contribution in [-0.4, -0.2) is 48.4 Å². The molecular formula is C17H17BrN4O2. The Morgan fingerprint density at radius 1 is 1.12 bits per heavy atom. The number of piperazine rings is 1. The Labute approximate surface area is 148 Å². The van der Waals surface area contributed by atoms with Gasteiger partial charge in [0, 0.05) is 42.5 Å². The molecule has 124 valence electrons. The predicted octanol–water partition coefficient (Wildman–Crippen LogP) is 2.37. The van der Waals surface area contributed by atoms with Gasteiger partial charge in [-0.15, -0.1) is 0 Å². The second-order valence-corrected chi connectivity index (χ2v) is 6.44. The lowest BCUT2D eigenvalue weighted by Gasteiger charge is -2.34. The second-order valence-electron chi connectivity index (χ2n) is 5.52. The lowest BCUT2D eigenvalue weighted by Crippen LogP contribution is -2.45. The van der Waals surface area contributed by atoms with Gasteiger partial charge in [0.1, 0.15) is 0 Å². The molecule has 0 atom stereocenters. The number of carbonyl (C=O) groups is 2. The first-order valence-electron chi connectivity index (χ1n) is 7.62. The summed E-state index contributed by atoms with van der Waals surface area (Å²) >= 11 is 3.37. The van der Waals surface area contributed by atoms with Crippen LogP contribution in [0.4, 0.5) is 11.4 Å². The lowest BCUT2D eigenvalue weighted by molar-refractivity contribution is -0.118. The monoisotopic (exact) mass is 388 g/mol. The van der Waals surface area contributed by atoms with Crippen molar-refractivity contribution in [2.45, 2.75) is 0 Å². The quantitative estimate of drug-likeness (QED) is 0.816. The van der Waals surface area contributed by atoms with Gasteiger partial charge in [0.15, 0.2) is 0 Å². The number of halogens is 1. The van der Waals surface area contributed by atoms with E-state index in [1.165, 1.54) is 0 Å². The maximum Gasteiger partial charge on any atom is 0.257 e. The highest BCUT2D eigenvalue weighted by Crippen LogP contribution is 2.18. The van der Waals surface area contributed by atoms with Crippen molar-refractivity contribution in [2.75, 3.05) is 36.4 Å². The minimum absolute atomic E-state index is 0.196. The van der Waals surface area contributed by atoms with E-state index < -0.39 is 0 Å². The Balaban J connectivity index is 1.69. The molecule has 1 N–H and O–H groups in total. The average Bonchev–Trinajstić information content (AvgIpc) is 2.64. The molecule has 1 saturated heterocycles. The largest absolute Gasteiger partial charge is 0.367 e. The Hall–Kier alpha value is -2.41. The highest BCUT2D eigenvalue weighted by Gasteiger charge is 2.17. The minimum atomic E-state index is -0.196. The molecule has 3 rings (SSSR count). The van der Waals surface area contributed by atoms with E-state index in [9.17, 15) is 9.59 Å². The summed E-state index contributed by atoms with van der Waals surface area (Å²) in [6.07, 6.45) is 4.17. The number of nitrogens with one attached hydrogen (secondary N) is 1. The second kappa shape index (κ2) is 7.44. The summed E-state index contributed by atoms with van der Waals surface area (Å²) in [5, 5.41) is 2.86. The van der Waals surface area contributed by atoms with E-state index in [-0.39, 0.29) is 5.91 Å². The zero-order valence-electron chi connectivity index (χ0n) is 13.0. The molecule has 1 aliphatic heterocycles. The average molecular weight is 389 g/mol. The van der Waals surface area contributed by atoms with E-state index >= 15 is 0 Å². The number of pyridine rings is 1. The van der Waals surface area contributed by atoms with Gasteiger partial charge >= 0.3 is 0 Å². The van der Waals surface area contributed by atoms with Crippen LogP contribution in [0.25, 0.3) is 0 Å². The van der Waals surface area contributed by atoms with Crippen molar-refractivity contribution in [1.82, 2.24) is 9.88 Å². The SMILES string of the molecule is O=CN1CCN(c2cncc(C(=O)Nc3ccc(Br)cc3)c2)CC1. The summed E-state index contributed by atoms with van der Waals surface area (Å²) < 4.78 is 0.957. The third kappa shape index (κ3) is 3.91. The number of benzene rings is 1. The standard InChI is InChI=1S/C17H17BrN4O2/c18-14-1-3-15(4-2-14)20-17(24)13-9-16(11-19-10-13)22-7-5-21(12-23)6-8-22/h1-4,9-12H,5-8H2,(H,20,24). The highest BCUT2D eigenvalue weighted by atomic mass is 79.9. The van der Waals surface area contributed by atoms with Crippen molar-refractivity contribution in [1.29, 1.82) is 0 Å². The van der Waals surface area contributed by atoms with Gasteiger partial charge in [0.05, 0.1) is 17.4 Å². The van der Waals surface area contributed by atoms with Gasteiger partial charge in [-0.05, 0) is 30.3 Å². The van der Waals surface area contributed by atoms with Crippen LogP contribution in [0.5, 0.6) is 0 Å². The summed E-state index contributed by atoms with van der Waals surface area (Å²) in [4.78, 5) is 31.2. The molecule has 0 radical (unpaired) electrons. The van der Waals surface area contributed by atoms with Crippen LogP contribution < -0.4 is 10.2 Å². The minimum Gasteiger partial charge on any atom is -0.367 e. The number of hydrogen-bond donors (Lipinski definition) is 1. The first-order valence-corrected chi connectivity index (χ1v) is 8.41. The molecule has 2 amide bonds. The highest BCUT2D eigenvalue weighted by molar-refractivity contribution is 9.10. The van der Waals surface area contributed by atoms with E-state index in [4.69, 9.17) is 0 Å². The van der Waals surface area contributed by atoms with Gasteiger partial charge in [-0.1, -0.05) is 15.9 Å². The number of aromatic nitrogens is 1. The molecule has 0 aliphatic carbocycles. The zero-order chi connectivity index (χ0) is 16.9. The Kier molecular flexibility index (Phi) is 5.10. The molecule has 6 nitrogen and oxygen atoms in total. The third-order valence-electron chi connectivity index (χ3n) is 3.92. The molecule has 0 spiro atoms. The van der Waals surface area contributed by atoms with Crippen molar-refractivity contribution in [3.8, 4) is 0 Å². The van der Waals surface area contributed by atoms with E-state index in [0.717, 1.165) is 35.3 Å². The van der Waals surface area contributed by atoms with Crippen molar-refractivity contribution in [3.05, 3.63) is 52.8 Å². The third-order valence-corrected chi connectivity index (χ3v) is 4.45. The van der Waals surface area contributed by atoms with Crippen LogP contribution in [0.2, 0.25) is 0 Å². The topological polar surface area (TPSA) is 65.5 Å². The molecule has 1 aromatic heterocycles. The summed E-state index contributed by atoms with van der Waals surface area (Å²) in [6.45, 7) is 2.83. The van der Waals surface area contributed by atoms with Crippen LogP contribution in [0, 0.1) is 0 Å². The smallest absolute Gasteiger partial charge is 0.257 e. The van der Waals surface area contributed by atoms with Gasteiger partial charge in [-0.25, -0.2) is 0 Å². The van der Waals surface area contributed by atoms with Crippen LogP contribution >= 0.6 is 15.9 Å². The van der Waals surface area contributed by atoms with E-state index in [1.807, 2.05) is 30.3 Å². The van der Waals surface area contributed by atoms with Crippen LogP contribution in [-0.2, 0) is 4.79 Å². The number of carbonyl (C=O) groups excluding carboxylic acids is 2. The lowest BCUT2D eigenvalue weighted by atomic mass is 10.2. The van der Waals surface area contributed by atoms with Crippen molar-refractivity contribution in [2.24, 2.45) is 0 Å². The Bertz CT molecular complexity index is 728. The summed E-state index contributed by atoms with van der Waals surface area (Å²) in [6, 6.07) is 9.24. The summed E-state index contributed by atoms with van der Waals surface area (Å²) in [7, 11) is 0. The Morgan fingerprint density at radius 3 is 2.50 bits per heavy atom. The van der Waals surface area contributed by atoms with Gasteiger partial charge in [-0.3, -0.25) is 14.6 Å². The molecule has 0 bridgehead atoms. The van der Waals surface area contributed by atoms with Crippen molar-refractivity contribution in [3.63, 3.8) is 0 Å². The van der Waals surface area contributed by atoms with Gasteiger partial charge in [0.25, 0.3) is 5.91 Å². The van der Waals surface area contributed by atoms with Crippen molar-refractivity contribution < 1.29 is 9.59 Å². The zero-order valence-corrected chi connectivity index (χ0v) is 14.6. The fourth-order valence-corrected chi connectivity index (χ4v) is 2.81. The predicted molar refractivity (Wildman–Crippen MR) is 96.2 cm³/mol. The molecule has 0 unspecified atom stereocenters. The molecule has 0 saturated carbocycles. The fraction of sp³-hybridized carbons (Fsp3) is 0.235. The van der Waals surface area contributed by atoms with E-state index in [2.05, 4.69) is 31.1 Å². The molecule has 24 heavy (non-hydrogen) atoms. The number of hydrogen-bond acceptors (Lipinski definition) is 4. The van der Waals surface area contributed by atoms with Crippen molar-refractivity contribution >= 4 is 39.6 Å². The van der Waals surface area contributed by atoms with Crippen LogP contribution in [0.15, 0.2) is 47.2 Å². The van der Waals surface area contributed by atoms with Crippen LogP contribution in [0.1, 0.15) is 10.4 Å². The molecule has 7 heteroatoms. The molecule has 2 heterocycles. The molecular weight excluding hydrogens is 372 g/mol. The first-order chi connectivity index (χ1) is 11.7. The van der Waals surface area contributed by atoms with E-state index in [0.29, 0.717) is 18.7 Å². The number of anilines is 2. The first kappa shape index (κ1) is 16.4. The van der Waals surface area contributed by atoms with Gasteiger partial charge in [-0.2, -0.15) is 0 Å². The molecule has 1 aliphatic rings. The molecule has 1 aromatic carbocycles. The van der Waals surface area contributed by atoms with Crippen LogP contribution in [0.3, 0.4) is 0 Å². The maximum absolute atomic E-state index is 12.4. The maximum atomic E-state index is 12.4. The molecule has 1 fully saturated rings. The summed E-state index contributed by atoms with van der Waals surface area (Å²) in [5.41, 5.74) is 2.13. The number of rotatable bonds is 4. The number of nitrogens with zero attached hydrogens (tertiary/aromatic N) is 3. The number of amides is 2. The summed E-state index contributed by atoms with van der Waals surface area (Å²) in [5.74, 6) is -0.196. The van der Waals surface area contributed by atoms with Gasteiger partial charge in [0.2, 0.25) is 6.41 Å². The van der Waals surface area contributed by atoms with Gasteiger partial charge < -0.3 is 15.1 Å².